The molecule has 1 aliphatic rings. The van der Waals surface area contributed by atoms with Gasteiger partial charge >= 0.3 is 0 Å². The number of fused-ring (bicyclic) bond motifs is 1. The van der Waals surface area contributed by atoms with Crippen LogP contribution in [0.4, 0.5) is 4.39 Å². The van der Waals surface area contributed by atoms with E-state index in [9.17, 15) is 9.18 Å². The highest BCUT2D eigenvalue weighted by atomic mass is 32.1. The minimum atomic E-state index is -0.326. The Morgan fingerprint density at radius 2 is 2.00 bits per heavy atom. The van der Waals surface area contributed by atoms with Crippen LogP contribution in [-0.2, 0) is 6.61 Å². The van der Waals surface area contributed by atoms with Crippen molar-refractivity contribution in [3.05, 3.63) is 64.8 Å². The zero-order valence-corrected chi connectivity index (χ0v) is 14.9. The van der Waals surface area contributed by atoms with Crippen molar-refractivity contribution in [1.82, 2.24) is 10.6 Å². The summed E-state index contributed by atoms with van der Waals surface area (Å²) in [6, 6.07) is 14.3. The standard InChI is InChI=1S/C20H19FN2O2S/c21-16-7-4-8-17-18(16)15(12-25-14-5-2-1-3-6-14)19(26-17)20(24)23-11-13-9-22-10-13/h1-8,13,22H,9-12H2,(H,23,24). The van der Waals surface area contributed by atoms with Gasteiger partial charge in [-0.1, -0.05) is 24.3 Å². The third kappa shape index (κ3) is 3.43. The topological polar surface area (TPSA) is 50.4 Å². The zero-order chi connectivity index (χ0) is 17.9. The number of benzene rings is 2. The Morgan fingerprint density at radius 3 is 2.73 bits per heavy atom. The smallest absolute Gasteiger partial charge is 0.261 e. The molecule has 1 aliphatic heterocycles. The fourth-order valence-corrected chi connectivity index (χ4v) is 4.11. The molecule has 2 N–H and O–H groups in total. The van der Waals surface area contributed by atoms with Crippen molar-refractivity contribution >= 4 is 27.3 Å². The average Bonchev–Trinajstić information content (AvgIpc) is 2.99. The fourth-order valence-electron chi connectivity index (χ4n) is 2.97. The van der Waals surface area contributed by atoms with Crippen LogP contribution in [0.15, 0.2) is 48.5 Å². The first-order valence-electron chi connectivity index (χ1n) is 8.59. The van der Waals surface area contributed by atoms with Crippen molar-refractivity contribution in [3.63, 3.8) is 0 Å². The maximum atomic E-state index is 14.4. The van der Waals surface area contributed by atoms with Gasteiger partial charge in [-0.05, 0) is 24.3 Å². The van der Waals surface area contributed by atoms with Crippen LogP contribution in [0.3, 0.4) is 0 Å². The van der Waals surface area contributed by atoms with Gasteiger partial charge in [0.2, 0.25) is 0 Å². The van der Waals surface area contributed by atoms with Crippen LogP contribution in [-0.4, -0.2) is 25.5 Å². The van der Waals surface area contributed by atoms with E-state index in [1.807, 2.05) is 36.4 Å². The van der Waals surface area contributed by atoms with Gasteiger partial charge < -0.3 is 15.4 Å². The summed E-state index contributed by atoms with van der Waals surface area (Å²) in [6.07, 6.45) is 0. The predicted octanol–water partition coefficient (Wildman–Crippen LogP) is 3.57. The molecule has 3 aromatic rings. The summed E-state index contributed by atoms with van der Waals surface area (Å²) < 4.78 is 21.0. The fraction of sp³-hybridized carbons (Fsp3) is 0.250. The van der Waals surface area contributed by atoms with Gasteiger partial charge in [-0.2, -0.15) is 0 Å². The quantitative estimate of drug-likeness (QED) is 0.697. The molecule has 1 aromatic heterocycles. The molecule has 1 saturated heterocycles. The highest BCUT2D eigenvalue weighted by Gasteiger charge is 2.23. The molecular formula is C20H19FN2O2S. The first kappa shape index (κ1) is 17.0. The van der Waals surface area contributed by atoms with E-state index in [4.69, 9.17) is 4.74 Å². The number of hydrogen-bond acceptors (Lipinski definition) is 4. The molecule has 0 unspecified atom stereocenters. The van der Waals surface area contributed by atoms with Crippen molar-refractivity contribution < 1.29 is 13.9 Å². The highest BCUT2D eigenvalue weighted by Crippen LogP contribution is 2.34. The van der Waals surface area contributed by atoms with Crippen LogP contribution in [0.1, 0.15) is 15.2 Å². The van der Waals surface area contributed by atoms with E-state index >= 15 is 0 Å². The van der Waals surface area contributed by atoms with E-state index in [1.54, 1.807) is 6.07 Å². The molecule has 0 aliphatic carbocycles. The van der Waals surface area contributed by atoms with E-state index in [0.29, 0.717) is 34.0 Å². The molecule has 1 fully saturated rings. The van der Waals surface area contributed by atoms with Crippen molar-refractivity contribution in [2.24, 2.45) is 5.92 Å². The van der Waals surface area contributed by atoms with E-state index < -0.39 is 0 Å². The first-order valence-corrected chi connectivity index (χ1v) is 9.40. The maximum Gasteiger partial charge on any atom is 0.261 e. The molecule has 2 heterocycles. The van der Waals surface area contributed by atoms with Gasteiger partial charge in [0.05, 0.1) is 4.88 Å². The monoisotopic (exact) mass is 370 g/mol. The molecule has 0 saturated carbocycles. The lowest BCUT2D eigenvalue weighted by Crippen LogP contribution is -2.48. The average molecular weight is 370 g/mol. The lowest BCUT2D eigenvalue weighted by Gasteiger charge is -2.27. The van der Waals surface area contributed by atoms with Crippen LogP contribution in [0.25, 0.3) is 10.1 Å². The largest absolute Gasteiger partial charge is 0.489 e. The Labute approximate surface area is 155 Å². The lowest BCUT2D eigenvalue weighted by molar-refractivity contribution is 0.0944. The van der Waals surface area contributed by atoms with Gasteiger partial charge in [-0.25, -0.2) is 4.39 Å². The second-order valence-corrected chi connectivity index (χ2v) is 7.41. The Morgan fingerprint density at radius 1 is 1.19 bits per heavy atom. The van der Waals surface area contributed by atoms with E-state index in [2.05, 4.69) is 10.6 Å². The number of hydrogen-bond donors (Lipinski definition) is 2. The van der Waals surface area contributed by atoms with E-state index in [0.717, 1.165) is 17.8 Å². The molecule has 2 aromatic carbocycles. The number of carbonyl (C=O) groups excluding carboxylic acids is 1. The molecule has 0 radical (unpaired) electrons. The normalized spacial score (nSPS) is 14.2. The van der Waals surface area contributed by atoms with Crippen LogP contribution in [0.2, 0.25) is 0 Å². The number of para-hydroxylation sites is 1. The SMILES string of the molecule is O=C(NCC1CNC1)c1sc2cccc(F)c2c1COc1ccccc1. The summed E-state index contributed by atoms with van der Waals surface area (Å²) in [5.74, 6) is 0.668. The third-order valence-corrected chi connectivity index (χ3v) is 5.71. The molecule has 26 heavy (non-hydrogen) atoms. The van der Waals surface area contributed by atoms with Crippen LogP contribution < -0.4 is 15.4 Å². The molecule has 134 valence electrons. The lowest BCUT2D eigenvalue weighted by atomic mass is 10.0. The summed E-state index contributed by atoms with van der Waals surface area (Å²) in [5.41, 5.74) is 0.608. The summed E-state index contributed by atoms with van der Waals surface area (Å²) in [5, 5.41) is 6.63. The number of nitrogens with one attached hydrogen (secondary N) is 2. The van der Waals surface area contributed by atoms with Gasteiger partial charge in [0, 0.05) is 41.2 Å². The number of amides is 1. The summed E-state index contributed by atoms with van der Waals surface area (Å²) in [4.78, 5) is 13.2. The summed E-state index contributed by atoms with van der Waals surface area (Å²) in [7, 11) is 0. The molecule has 4 nitrogen and oxygen atoms in total. The number of carbonyl (C=O) groups is 1. The third-order valence-electron chi connectivity index (χ3n) is 4.51. The van der Waals surface area contributed by atoms with E-state index in [1.165, 1.54) is 17.4 Å². The van der Waals surface area contributed by atoms with Crippen molar-refractivity contribution in [2.75, 3.05) is 19.6 Å². The van der Waals surface area contributed by atoms with Crippen LogP contribution in [0.5, 0.6) is 5.75 Å². The van der Waals surface area contributed by atoms with Gasteiger partial charge in [-0.3, -0.25) is 4.79 Å². The Bertz CT molecular complexity index is 922. The molecule has 0 spiro atoms. The van der Waals surface area contributed by atoms with E-state index in [-0.39, 0.29) is 18.3 Å². The molecule has 0 bridgehead atoms. The van der Waals surface area contributed by atoms with Gasteiger partial charge in [0.25, 0.3) is 5.91 Å². The predicted molar refractivity (Wildman–Crippen MR) is 101 cm³/mol. The Kier molecular flexibility index (Phi) is 4.86. The minimum absolute atomic E-state index is 0.151. The number of thiophene rings is 1. The Hall–Kier alpha value is -2.44. The molecule has 4 rings (SSSR count). The van der Waals surface area contributed by atoms with Gasteiger partial charge in [0.1, 0.15) is 18.2 Å². The van der Waals surface area contributed by atoms with Gasteiger partial charge in [0.15, 0.2) is 0 Å². The second kappa shape index (κ2) is 7.43. The van der Waals surface area contributed by atoms with Crippen LogP contribution >= 0.6 is 11.3 Å². The molecular weight excluding hydrogens is 351 g/mol. The molecule has 0 atom stereocenters. The highest BCUT2D eigenvalue weighted by molar-refractivity contribution is 7.21. The van der Waals surface area contributed by atoms with Gasteiger partial charge in [-0.15, -0.1) is 11.3 Å². The maximum absolute atomic E-state index is 14.4. The number of ether oxygens (including phenoxy) is 1. The number of rotatable bonds is 6. The van der Waals surface area contributed by atoms with Crippen molar-refractivity contribution in [2.45, 2.75) is 6.61 Å². The summed E-state index contributed by atoms with van der Waals surface area (Å²) >= 11 is 1.31. The Balaban J connectivity index is 1.62. The van der Waals surface area contributed by atoms with Crippen molar-refractivity contribution in [3.8, 4) is 5.75 Å². The molecule has 6 heteroatoms. The zero-order valence-electron chi connectivity index (χ0n) is 14.1. The minimum Gasteiger partial charge on any atom is -0.489 e. The van der Waals surface area contributed by atoms with Crippen molar-refractivity contribution in [1.29, 1.82) is 0 Å². The molecule has 1 amide bonds. The number of halogens is 1. The first-order chi connectivity index (χ1) is 12.7. The van der Waals surface area contributed by atoms with Crippen LogP contribution in [0, 0.1) is 11.7 Å². The second-order valence-electron chi connectivity index (χ2n) is 6.36. The summed E-state index contributed by atoms with van der Waals surface area (Å²) in [6.45, 7) is 2.62.